The second kappa shape index (κ2) is 7.96. The van der Waals surface area contributed by atoms with Crippen LogP contribution in [0.15, 0.2) is 18.3 Å². The highest BCUT2D eigenvalue weighted by atomic mass is 32.2. The van der Waals surface area contributed by atoms with E-state index < -0.39 is 18.0 Å². The molecule has 0 radical (unpaired) electrons. The van der Waals surface area contributed by atoms with Crippen LogP contribution in [-0.4, -0.2) is 65.5 Å². The fourth-order valence-corrected chi connectivity index (χ4v) is 3.22. The minimum Gasteiger partial charge on any atom is -0.465 e. The molecule has 1 amide bonds. The average molecular weight is 338 g/mol. The first-order valence-electron chi connectivity index (χ1n) is 7.18. The molecule has 124 valence electrons. The summed E-state index contributed by atoms with van der Waals surface area (Å²) in [4.78, 5) is 41.5. The van der Waals surface area contributed by atoms with Gasteiger partial charge in [0.05, 0.1) is 19.3 Å². The van der Waals surface area contributed by atoms with E-state index in [0.29, 0.717) is 12.3 Å². The van der Waals surface area contributed by atoms with Gasteiger partial charge in [0.25, 0.3) is 5.91 Å². The molecule has 1 unspecified atom stereocenters. The van der Waals surface area contributed by atoms with Gasteiger partial charge in [0, 0.05) is 24.2 Å². The summed E-state index contributed by atoms with van der Waals surface area (Å²) in [5, 5.41) is 0. The fourth-order valence-electron chi connectivity index (χ4n) is 2.19. The van der Waals surface area contributed by atoms with Crippen molar-refractivity contribution in [2.75, 3.05) is 31.8 Å². The van der Waals surface area contributed by atoms with E-state index in [2.05, 4.69) is 9.72 Å². The summed E-state index contributed by atoms with van der Waals surface area (Å²) in [6.45, 7) is 2.45. The predicted molar refractivity (Wildman–Crippen MR) is 84.4 cm³/mol. The Labute approximate surface area is 138 Å². The summed E-state index contributed by atoms with van der Waals surface area (Å²) in [6.07, 6.45) is 1.29. The van der Waals surface area contributed by atoms with Crippen LogP contribution in [0.5, 0.6) is 0 Å². The first-order chi connectivity index (χ1) is 11.1. The first kappa shape index (κ1) is 17.3. The summed E-state index contributed by atoms with van der Waals surface area (Å²) in [5.74, 6) is -0.0125. The van der Waals surface area contributed by atoms with Gasteiger partial charge in [0.1, 0.15) is 11.7 Å². The molecule has 0 aromatic carbocycles. The SMILES string of the molecule is CCOC(=O)C1CSCCN1C(=O)c1ccc(C(=O)OC)cn1. The fraction of sp³-hybridized carbons (Fsp3) is 0.467. The Bertz CT molecular complexity index is 590. The maximum Gasteiger partial charge on any atom is 0.339 e. The number of ether oxygens (including phenoxy) is 2. The zero-order chi connectivity index (χ0) is 16.8. The molecule has 1 aliphatic rings. The molecule has 1 aromatic rings. The second-order valence-corrected chi connectivity index (χ2v) is 5.91. The standard InChI is InChI=1S/C15H18N2O5S/c1-3-22-15(20)12-9-23-7-6-17(12)13(18)11-5-4-10(8-16-11)14(19)21-2/h4-5,8,12H,3,6-7,9H2,1-2H3. The molecule has 1 atom stereocenters. The van der Waals surface area contributed by atoms with Crippen molar-refractivity contribution in [3.05, 3.63) is 29.6 Å². The number of rotatable bonds is 4. The molecule has 2 rings (SSSR count). The van der Waals surface area contributed by atoms with E-state index in [0.717, 1.165) is 5.75 Å². The molecule has 1 aliphatic heterocycles. The van der Waals surface area contributed by atoms with Crippen molar-refractivity contribution in [1.29, 1.82) is 0 Å². The van der Waals surface area contributed by atoms with Gasteiger partial charge in [0.15, 0.2) is 0 Å². The van der Waals surface area contributed by atoms with E-state index in [9.17, 15) is 14.4 Å². The van der Waals surface area contributed by atoms with Crippen LogP contribution >= 0.6 is 11.8 Å². The van der Waals surface area contributed by atoms with Crippen LogP contribution in [-0.2, 0) is 14.3 Å². The van der Waals surface area contributed by atoms with Crippen molar-refractivity contribution in [3.63, 3.8) is 0 Å². The van der Waals surface area contributed by atoms with E-state index in [-0.39, 0.29) is 23.8 Å². The lowest BCUT2D eigenvalue weighted by Gasteiger charge is -2.33. The lowest BCUT2D eigenvalue weighted by atomic mass is 10.2. The number of hydrogen-bond donors (Lipinski definition) is 0. The summed E-state index contributed by atoms with van der Waals surface area (Å²) >= 11 is 1.61. The number of methoxy groups -OCH3 is 1. The molecule has 7 nitrogen and oxygen atoms in total. The maximum absolute atomic E-state index is 12.6. The van der Waals surface area contributed by atoms with Gasteiger partial charge in [-0.1, -0.05) is 0 Å². The Morgan fingerprint density at radius 3 is 2.78 bits per heavy atom. The lowest BCUT2D eigenvalue weighted by molar-refractivity contribution is -0.147. The van der Waals surface area contributed by atoms with Crippen LogP contribution in [0.1, 0.15) is 27.8 Å². The number of hydrogen-bond acceptors (Lipinski definition) is 7. The normalized spacial score (nSPS) is 17.5. The van der Waals surface area contributed by atoms with Gasteiger partial charge >= 0.3 is 11.9 Å². The highest BCUT2D eigenvalue weighted by Gasteiger charge is 2.34. The third-order valence-corrected chi connectivity index (χ3v) is 4.37. The summed E-state index contributed by atoms with van der Waals surface area (Å²) < 4.78 is 9.63. The third-order valence-electron chi connectivity index (χ3n) is 3.35. The summed E-state index contributed by atoms with van der Waals surface area (Å²) in [7, 11) is 1.27. The third kappa shape index (κ3) is 4.01. The van der Waals surface area contributed by atoms with Crippen molar-refractivity contribution in [3.8, 4) is 0 Å². The molecule has 1 fully saturated rings. The van der Waals surface area contributed by atoms with E-state index in [4.69, 9.17) is 4.74 Å². The smallest absolute Gasteiger partial charge is 0.339 e. The molecule has 0 spiro atoms. The van der Waals surface area contributed by atoms with Crippen molar-refractivity contribution in [2.24, 2.45) is 0 Å². The molecular weight excluding hydrogens is 320 g/mol. The van der Waals surface area contributed by atoms with E-state index in [1.54, 1.807) is 18.7 Å². The monoisotopic (exact) mass is 338 g/mol. The first-order valence-corrected chi connectivity index (χ1v) is 8.33. The molecule has 0 aliphatic carbocycles. The molecule has 8 heteroatoms. The second-order valence-electron chi connectivity index (χ2n) is 4.77. The number of esters is 2. The van der Waals surface area contributed by atoms with Crippen molar-refractivity contribution < 1.29 is 23.9 Å². The molecule has 2 heterocycles. The topological polar surface area (TPSA) is 85.8 Å². The van der Waals surface area contributed by atoms with Crippen LogP contribution in [0, 0.1) is 0 Å². The van der Waals surface area contributed by atoms with E-state index >= 15 is 0 Å². The average Bonchev–Trinajstić information content (AvgIpc) is 2.60. The van der Waals surface area contributed by atoms with Crippen LogP contribution in [0.3, 0.4) is 0 Å². The Morgan fingerprint density at radius 1 is 1.39 bits per heavy atom. The van der Waals surface area contributed by atoms with Crippen LogP contribution in [0.4, 0.5) is 0 Å². The number of carbonyl (C=O) groups is 3. The quantitative estimate of drug-likeness (QED) is 0.757. The highest BCUT2D eigenvalue weighted by molar-refractivity contribution is 7.99. The number of carbonyl (C=O) groups excluding carboxylic acids is 3. The van der Waals surface area contributed by atoms with Gasteiger partial charge in [-0.05, 0) is 19.1 Å². The number of nitrogens with zero attached hydrogens (tertiary/aromatic N) is 2. The molecule has 0 N–H and O–H groups in total. The zero-order valence-corrected chi connectivity index (χ0v) is 13.8. The molecule has 23 heavy (non-hydrogen) atoms. The molecule has 1 saturated heterocycles. The molecule has 0 bridgehead atoms. The van der Waals surface area contributed by atoms with Gasteiger partial charge < -0.3 is 14.4 Å². The number of amides is 1. The predicted octanol–water partition coefficient (Wildman–Crippen LogP) is 0.989. The van der Waals surface area contributed by atoms with E-state index in [1.807, 2.05) is 0 Å². The van der Waals surface area contributed by atoms with Crippen LogP contribution in [0.2, 0.25) is 0 Å². The van der Waals surface area contributed by atoms with Crippen molar-refractivity contribution in [1.82, 2.24) is 9.88 Å². The Morgan fingerprint density at radius 2 is 2.17 bits per heavy atom. The Kier molecular flexibility index (Phi) is 5.97. The van der Waals surface area contributed by atoms with Crippen LogP contribution in [0.25, 0.3) is 0 Å². The van der Waals surface area contributed by atoms with Gasteiger partial charge in [0.2, 0.25) is 0 Å². The Balaban J connectivity index is 2.16. The molecule has 0 saturated carbocycles. The molecule has 1 aromatic heterocycles. The van der Waals surface area contributed by atoms with Gasteiger partial charge in [-0.25, -0.2) is 9.59 Å². The van der Waals surface area contributed by atoms with Crippen LogP contribution < -0.4 is 0 Å². The van der Waals surface area contributed by atoms with Gasteiger partial charge in [-0.3, -0.25) is 9.78 Å². The molecular formula is C15H18N2O5S. The van der Waals surface area contributed by atoms with Gasteiger partial charge in [-0.15, -0.1) is 0 Å². The maximum atomic E-state index is 12.6. The zero-order valence-electron chi connectivity index (χ0n) is 13.0. The highest BCUT2D eigenvalue weighted by Crippen LogP contribution is 2.20. The van der Waals surface area contributed by atoms with Gasteiger partial charge in [-0.2, -0.15) is 11.8 Å². The number of pyridine rings is 1. The largest absolute Gasteiger partial charge is 0.465 e. The van der Waals surface area contributed by atoms with Crippen molar-refractivity contribution >= 4 is 29.6 Å². The summed E-state index contributed by atoms with van der Waals surface area (Å²) in [5.41, 5.74) is 0.444. The minimum absolute atomic E-state index is 0.179. The van der Waals surface area contributed by atoms with Crippen molar-refractivity contribution in [2.45, 2.75) is 13.0 Å². The number of aromatic nitrogens is 1. The minimum atomic E-state index is -0.608. The summed E-state index contributed by atoms with van der Waals surface area (Å²) in [6, 6.07) is 2.33. The number of thioether (sulfide) groups is 1. The lowest BCUT2D eigenvalue weighted by Crippen LogP contribution is -2.51. The van der Waals surface area contributed by atoms with E-state index in [1.165, 1.54) is 30.3 Å². The Hall–Kier alpha value is -2.09.